The Hall–Kier alpha value is -1.78. The highest BCUT2D eigenvalue weighted by molar-refractivity contribution is 6.50. The number of hydrogen-bond acceptors (Lipinski definition) is 5. The Balaban J connectivity index is 2.45. The van der Waals surface area contributed by atoms with Gasteiger partial charge in [0.25, 0.3) is 0 Å². The lowest BCUT2D eigenvalue weighted by Crippen LogP contribution is -2.15. The Morgan fingerprint density at radius 3 is 3.00 bits per heavy atom. The summed E-state index contributed by atoms with van der Waals surface area (Å²) in [6.45, 7) is 0. The topological polar surface area (TPSA) is 63.4 Å². The molecule has 1 aliphatic heterocycles. The van der Waals surface area contributed by atoms with Gasteiger partial charge in [0, 0.05) is 12.2 Å². The Morgan fingerprint density at radius 2 is 2.25 bits per heavy atom. The van der Waals surface area contributed by atoms with Crippen molar-refractivity contribution >= 4 is 11.5 Å². The molecular formula is C7H5N3O2. The summed E-state index contributed by atoms with van der Waals surface area (Å²) in [7, 11) is 1.49. The standard InChI is InChI=1S/C7H5N3O2/c1-12-4-2-5-7(6(11)3-4)9-10-8-5/h2-3H,1H3. The van der Waals surface area contributed by atoms with E-state index in [1.54, 1.807) is 6.08 Å². The van der Waals surface area contributed by atoms with Crippen molar-refractivity contribution in [3.63, 3.8) is 0 Å². The Bertz CT molecular complexity index is 363. The fraction of sp³-hybridized carbons (Fsp3) is 0.143. The molecule has 0 atom stereocenters. The molecule has 0 saturated carbocycles. The molecule has 0 fully saturated rings. The van der Waals surface area contributed by atoms with E-state index in [9.17, 15) is 4.79 Å². The Kier molecular flexibility index (Phi) is 1.36. The summed E-state index contributed by atoms with van der Waals surface area (Å²) in [5.41, 5.74) is 0.759. The lowest BCUT2D eigenvalue weighted by Gasteiger charge is -2.05. The van der Waals surface area contributed by atoms with Gasteiger partial charge in [0.1, 0.15) is 11.5 Å². The normalized spacial score (nSPS) is 19.8. The van der Waals surface area contributed by atoms with E-state index in [-0.39, 0.29) is 11.5 Å². The van der Waals surface area contributed by atoms with E-state index in [1.807, 2.05) is 0 Å². The van der Waals surface area contributed by atoms with Crippen LogP contribution in [0.4, 0.5) is 0 Å². The Labute approximate surface area is 68.1 Å². The zero-order valence-electron chi connectivity index (χ0n) is 6.31. The maximum Gasteiger partial charge on any atom is 0.212 e. The maximum atomic E-state index is 11.2. The SMILES string of the molecule is COC1=CC(=O)C2=NN=NC2=C1. The minimum Gasteiger partial charge on any atom is -0.497 e. The van der Waals surface area contributed by atoms with Crippen molar-refractivity contribution in [3.05, 3.63) is 23.6 Å². The van der Waals surface area contributed by atoms with Crippen molar-refractivity contribution < 1.29 is 9.53 Å². The van der Waals surface area contributed by atoms with Crippen LogP contribution in [0.2, 0.25) is 0 Å². The molecule has 0 aromatic rings. The van der Waals surface area contributed by atoms with Crippen LogP contribution in [0.1, 0.15) is 0 Å². The second-order valence-corrected chi connectivity index (χ2v) is 2.28. The van der Waals surface area contributed by atoms with Gasteiger partial charge in [-0.15, -0.1) is 10.2 Å². The molecule has 12 heavy (non-hydrogen) atoms. The van der Waals surface area contributed by atoms with Crippen LogP contribution < -0.4 is 0 Å². The van der Waals surface area contributed by atoms with E-state index in [4.69, 9.17) is 4.74 Å². The van der Waals surface area contributed by atoms with Gasteiger partial charge < -0.3 is 4.74 Å². The minimum absolute atomic E-state index is 0.214. The summed E-state index contributed by atoms with van der Waals surface area (Å²) in [4.78, 5) is 11.2. The predicted octanol–water partition coefficient (Wildman–Crippen LogP) is 0.805. The summed E-state index contributed by atoms with van der Waals surface area (Å²) in [6.07, 6.45) is 2.98. The first kappa shape index (κ1) is 6.90. The second kappa shape index (κ2) is 2.37. The van der Waals surface area contributed by atoms with Gasteiger partial charge in [-0.3, -0.25) is 4.79 Å². The van der Waals surface area contributed by atoms with Gasteiger partial charge in [0.05, 0.1) is 7.11 Å². The monoisotopic (exact) mass is 163 g/mol. The van der Waals surface area contributed by atoms with Crippen molar-refractivity contribution in [2.45, 2.75) is 0 Å². The van der Waals surface area contributed by atoms with Crippen LogP contribution in [0.25, 0.3) is 0 Å². The van der Waals surface area contributed by atoms with Crippen molar-refractivity contribution in [1.82, 2.24) is 0 Å². The average molecular weight is 163 g/mol. The molecule has 0 N–H and O–H groups in total. The first-order chi connectivity index (χ1) is 5.81. The van der Waals surface area contributed by atoms with Gasteiger partial charge in [0.15, 0.2) is 5.71 Å². The van der Waals surface area contributed by atoms with E-state index in [0.29, 0.717) is 11.5 Å². The summed E-state index contributed by atoms with van der Waals surface area (Å²) in [5.74, 6) is 0.268. The third kappa shape index (κ3) is 0.868. The lowest BCUT2D eigenvalue weighted by molar-refractivity contribution is -0.109. The third-order valence-corrected chi connectivity index (χ3v) is 1.56. The molecular weight excluding hydrogens is 158 g/mol. The highest BCUT2D eigenvalue weighted by Crippen LogP contribution is 2.18. The minimum atomic E-state index is -0.214. The van der Waals surface area contributed by atoms with E-state index in [1.165, 1.54) is 13.2 Å². The third-order valence-electron chi connectivity index (χ3n) is 1.56. The summed E-state index contributed by atoms with van der Waals surface area (Å²) in [5, 5.41) is 10.6. The van der Waals surface area contributed by atoms with Crippen LogP contribution in [0.5, 0.6) is 0 Å². The molecule has 0 spiro atoms. The number of allylic oxidation sites excluding steroid dienone is 3. The summed E-state index contributed by atoms with van der Waals surface area (Å²) in [6, 6.07) is 0. The summed E-state index contributed by atoms with van der Waals surface area (Å²) < 4.78 is 4.88. The van der Waals surface area contributed by atoms with E-state index in [2.05, 4.69) is 15.4 Å². The number of nitrogens with zero attached hydrogens (tertiary/aromatic N) is 3. The molecule has 1 heterocycles. The lowest BCUT2D eigenvalue weighted by atomic mass is 10.1. The molecule has 1 aliphatic carbocycles. The zero-order valence-corrected chi connectivity index (χ0v) is 6.31. The fourth-order valence-corrected chi connectivity index (χ4v) is 0.978. The van der Waals surface area contributed by atoms with Crippen LogP contribution in [-0.4, -0.2) is 18.6 Å². The molecule has 5 heteroatoms. The molecule has 0 bridgehead atoms. The van der Waals surface area contributed by atoms with Gasteiger partial charge in [-0.05, 0) is 5.22 Å². The molecule has 2 aliphatic rings. The van der Waals surface area contributed by atoms with Crippen LogP contribution >= 0.6 is 0 Å². The number of carbonyl (C=O) groups is 1. The van der Waals surface area contributed by atoms with Crippen molar-refractivity contribution in [1.29, 1.82) is 0 Å². The molecule has 0 unspecified atom stereocenters. The molecule has 0 radical (unpaired) electrons. The molecule has 60 valence electrons. The van der Waals surface area contributed by atoms with E-state index < -0.39 is 0 Å². The Morgan fingerprint density at radius 1 is 1.42 bits per heavy atom. The van der Waals surface area contributed by atoms with Crippen LogP contribution in [0.3, 0.4) is 0 Å². The quantitative estimate of drug-likeness (QED) is 0.537. The number of carbonyl (C=O) groups excluding carboxylic acids is 1. The highest BCUT2D eigenvalue weighted by Gasteiger charge is 2.24. The van der Waals surface area contributed by atoms with Crippen LogP contribution in [-0.2, 0) is 9.53 Å². The summed E-state index contributed by atoms with van der Waals surface area (Å²) >= 11 is 0. The van der Waals surface area contributed by atoms with E-state index >= 15 is 0 Å². The largest absolute Gasteiger partial charge is 0.497 e. The zero-order chi connectivity index (χ0) is 8.55. The molecule has 5 nitrogen and oxygen atoms in total. The molecule has 2 rings (SSSR count). The maximum absolute atomic E-state index is 11.2. The van der Waals surface area contributed by atoms with Gasteiger partial charge in [-0.25, -0.2) is 0 Å². The second-order valence-electron chi connectivity index (χ2n) is 2.28. The number of rotatable bonds is 1. The van der Waals surface area contributed by atoms with E-state index in [0.717, 1.165) is 0 Å². The van der Waals surface area contributed by atoms with Crippen molar-refractivity contribution in [2.24, 2.45) is 15.4 Å². The first-order valence-electron chi connectivity index (χ1n) is 3.32. The number of ketones is 1. The predicted molar refractivity (Wildman–Crippen MR) is 40.5 cm³/mol. The molecule has 0 saturated heterocycles. The van der Waals surface area contributed by atoms with Crippen molar-refractivity contribution in [2.75, 3.05) is 7.11 Å². The van der Waals surface area contributed by atoms with Crippen molar-refractivity contribution in [3.8, 4) is 0 Å². The number of ether oxygens (including phenoxy) is 1. The van der Waals surface area contributed by atoms with Gasteiger partial charge in [-0.1, -0.05) is 0 Å². The first-order valence-corrected chi connectivity index (χ1v) is 3.32. The highest BCUT2D eigenvalue weighted by atomic mass is 16.5. The van der Waals surface area contributed by atoms with Gasteiger partial charge in [0.2, 0.25) is 5.78 Å². The molecule has 0 amide bonds. The van der Waals surface area contributed by atoms with Crippen LogP contribution in [0, 0.1) is 0 Å². The number of fused-ring (bicyclic) bond motifs is 1. The average Bonchev–Trinajstić information content (AvgIpc) is 2.52. The molecule has 0 aromatic carbocycles. The number of hydrogen-bond donors (Lipinski definition) is 0. The number of methoxy groups -OCH3 is 1. The van der Waals surface area contributed by atoms with Crippen LogP contribution in [0.15, 0.2) is 39.0 Å². The smallest absolute Gasteiger partial charge is 0.212 e. The van der Waals surface area contributed by atoms with Gasteiger partial charge in [-0.2, -0.15) is 0 Å². The van der Waals surface area contributed by atoms with Gasteiger partial charge >= 0.3 is 0 Å². The fourth-order valence-electron chi connectivity index (χ4n) is 0.978. The molecule has 0 aromatic heterocycles.